The van der Waals surface area contributed by atoms with Crippen LogP contribution in [0.25, 0.3) is 0 Å². The molecule has 2 N–H and O–H groups in total. The number of ether oxygens (including phenoxy) is 1. The molecule has 1 fully saturated rings. The first kappa shape index (κ1) is 15.4. The maximum Gasteiger partial charge on any atom is 0.251 e. The lowest BCUT2D eigenvalue weighted by atomic mass is 10.2. The fraction of sp³-hybridized carbons (Fsp3) is 0.467. The summed E-state index contributed by atoms with van der Waals surface area (Å²) >= 11 is 0. The summed E-state index contributed by atoms with van der Waals surface area (Å²) in [6, 6.07) is 5.52. The number of hydrogen-bond donors (Lipinski definition) is 2. The Morgan fingerprint density at radius 3 is 2.81 bits per heavy atom. The van der Waals surface area contributed by atoms with Crippen LogP contribution in [-0.4, -0.2) is 37.6 Å². The average Bonchev–Trinajstić information content (AvgIpc) is 3.00. The molecule has 1 aliphatic rings. The summed E-state index contributed by atoms with van der Waals surface area (Å²) in [5.41, 5.74) is 0.290. The molecule has 0 saturated carbocycles. The van der Waals surface area contributed by atoms with Gasteiger partial charge in [0.2, 0.25) is 5.91 Å². The Hall–Kier alpha value is -1.95. The van der Waals surface area contributed by atoms with Crippen LogP contribution in [-0.2, 0) is 9.53 Å². The Balaban J connectivity index is 1.61. The van der Waals surface area contributed by atoms with E-state index in [1.165, 1.54) is 18.2 Å². The van der Waals surface area contributed by atoms with Gasteiger partial charge in [-0.2, -0.15) is 0 Å². The molecule has 6 heteroatoms. The summed E-state index contributed by atoms with van der Waals surface area (Å²) in [6.07, 6.45) is 1.97. The van der Waals surface area contributed by atoms with E-state index >= 15 is 0 Å². The van der Waals surface area contributed by atoms with E-state index in [1.54, 1.807) is 6.07 Å². The maximum atomic E-state index is 13.0. The lowest BCUT2D eigenvalue weighted by molar-refractivity contribution is -0.130. The van der Waals surface area contributed by atoms with Crippen LogP contribution in [0.3, 0.4) is 0 Å². The van der Waals surface area contributed by atoms with Gasteiger partial charge >= 0.3 is 0 Å². The average molecular weight is 294 g/mol. The van der Waals surface area contributed by atoms with Gasteiger partial charge in [0, 0.05) is 25.3 Å². The van der Waals surface area contributed by atoms with E-state index in [9.17, 15) is 14.0 Å². The van der Waals surface area contributed by atoms with Gasteiger partial charge in [-0.3, -0.25) is 9.59 Å². The summed E-state index contributed by atoms with van der Waals surface area (Å²) in [5, 5.41) is 5.45. The van der Waals surface area contributed by atoms with Crippen LogP contribution in [0, 0.1) is 5.82 Å². The summed E-state index contributed by atoms with van der Waals surface area (Å²) in [6.45, 7) is 1.53. The van der Waals surface area contributed by atoms with Gasteiger partial charge in [0.15, 0.2) is 0 Å². The van der Waals surface area contributed by atoms with E-state index < -0.39 is 5.82 Å². The number of rotatable bonds is 6. The number of benzene rings is 1. The lowest BCUT2D eigenvalue weighted by Gasteiger charge is -2.10. The van der Waals surface area contributed by atoms with Gasteiger partial charge in [-0.15, -0.1) is 0 Å². The summed E-state index contributed by atoms with van der Waals surface area (Å²) in [5.74, 6) is -0.851. The van der Waals surface area contributed by atoms with Gasteiger partial charge in [-0.05, 0) is 37.5 Å². The van der Waals surface area contributed by atoms with Crippen LogP contribution < -0.4 is 10.6 Å². The molecule has 1 aliphatic heterocycles. The van der Waals surface area contributed by atoms with Gasteiger partial charge in [0.05, 0.1) is 0 Å². The number of halogens is 1. The van der Waals surface area contributed by atoms with E-state index in [4.69, 9.17) is 4.74 Å². The molecule has 1 unspecified atom stereocenters. The molecule has 1 atom stereocenters. The molecule has 114 valence electrons. The summed E-state index contributed by atoms with van der Waals surface area (Å²) in [4.78, 5) is 23.4. The first-order chi connectivity index (χ1) is 10.2. The summed E-state index contributed by atoms with van der Waals surface area (Å²) < 4.78 is 18.2. The normalized spacial score (nSPS) is 17.5. The van der Waals surface area contributed by atoms with Crippen molar-refractivity contribution in [1.29, 1.82) is 0 Å². The zero-order chi connectivity index (χ0) is 15.1. The molecule has 1 aromatic rings. The molecule has 5 nitrogen and oxygen atoms in total. The van der Waals surface area contributed by atoms with E-state index in [0.29, 0.717) is 31.7 Å². The van der Waals surface area contributed by atoms with Crippen molar-refractivity contribution < 1.29 is 18.7 Å². The Morgan fingerprint density at radius 2 is 2.10 bits per heavy atom. The minimum absolute atomic E-state index is 0.0936. The minimum Gasteiger partial charge on any atom is -0.368 e. The smallest absolute Gasteiger partial charge is 0.251 e. The Labute approximate surface area is 122 Å². The number of carbonyl (C=O) groups excluding carboxylic acids is 2. The van der Waals surface area contributed by atoms with E-state index in [-0.39, 0.29) is 17.9 Å². The second-order valence-corrected chi connectivity index (χ2v) is 4.91. The van der Waals surface area contributed by atoms with Crippen LogP contribution in [0.4, 0.5) is 4.39 Å². The van der Waals surface area contributed by atoms with Crippen LogP contribution >= 0.6 is 0 Å². The van der Waals surface area contributed by atoms with Crippen LogP contribution in [0.5, 0.6) is 0 Å². The second kappa shape index (κ2) is 7.73. The quantitative estimate of drug-likeness (QED) is 0.776. The van der Waals surface area contributed by atoms with Crippen molar-refractivity contribution in [2.45, 2.75) is 25.4 Å². The van der Waals surface area contributed by atoms with E-state index in [1.807, 2.05) is 0 Å². The predicted molar refractivity (Wildman–Crippen MR) is 75.3 cm³/mol. The molecule has 1 saturated heterocycles. The van der Waals surface area contributed by atoms with Crippen molar-refractivity contribution in [2.24, 2.45) is 0 Å². The monoisotopic (exact) mass is 294 g/mol. The highest BCUT2D eigenvalue weighted by Gasteiger charge is 2.22. The Morgan fingerprint density at radius 1 is 1.29 bits per heavy atom. The molecule has 0 bridgehead atoms. The van der Waals surface area contributed by atoms with Crippen molar-refractivity contribution in [3.05, 3.63) is 35.6 Å². The SMILES string of the molecule is O=C(NCCCNC(=O)C1CCCO1)c1cccc(F)c1. The van der Waals surface area contributed by atoms with E-state index in [0.717, 1.165) is 12.8 Å². The minimum atomic E-state index is -0.438. The summed E-state index contributed by atoms with van der Waals surface area (Å²) in [7, 11) is 0. The van der Waals surface area contributed by atoms with Gasteiger partial charge in [0.1, 0.15) is 11.9 Å². The third-order valence-corrected chi connectivity index (χ3v) is 3.25. The van der Waals surface area contributed by atoms with Gasteiger partial charge in [-0.1, -0.05) is 6.07 Å². The molecule has 0 aromatic heterocycles. The highest BCUT2D eigenvalue weighted by molar-refractivity contribution is 5.94. The zero-order valence-corrected chi connectivity index (χ0v) is 11.7. The topological polar surface area (TPSA) is 67.4 Å². The lowest BCUT2D eigenvalue weighted by Crippen LogP contribution is -2.36. The van der Waals surface area contributed by atoms with Crippen molar-refractivity contribution in [1.82, 2.24) is 10.6 Å². The molecule has 21 heavy (non-hydrogen) atoms. The maximum absolute atomic E-state index is 13.0. The van der Waals surface area contributed by atoms with Gasteiger partial charge in [0.25, 0.3) is 5.91 Å². The first-order valence-corrected chi connectivity index (χ1v) is 7.10. The van der Waals surface area contributed by atoms with Gasteiger partial charge < -0.3 is 15.4 Å². The third-order valence-electron chi connectivity index (χ3n) is 3.25. The molecular formula is C15H19FN2O3. The van der Waals surface area contributed by atoms with Crippen molar-refractivity contribution in [3.63, 3.8) is 0 Å². The second-order valence-electron chi connectivity index (χ2n) is 4.91. The van der Waals surface area contributed by atoms with Crippen LogP contribution in [0.2, 0.25) is 0 Å². The van der Waals surface area contributed by atoms with Crippen molar-refractivity contribution in [3.8, 4) is 0 Å². The molecular weight excluding hydrogens is 275 g/mol. The largest absolute Gasteiger partial charge is 0.368 e. The number of nitrogens with one attached hydrogen (secondary N) is 2. The van der Waals surface area contributed by atoms with E-state index in [2.05, 4.69) is 10.6 Å². The van der Waals surface area contributed by atoms with Crippen LogP contribution in [0.15, 0.2) is 24.3 Å². The predicted octanol–water partition coefficient (Wildman–Crippen LogP) is 1.24. The highest BCUT2D eigenvalue weighted by atomic mass is 19.1. The molecule has 0 aliphatic carbocycles. The van der Waals surface area contributed by atoms with Crippen molar-refractivity contribution in [2.75, 3.05) is 19.7 Å². The Bertz CT molecular complexity index is 501. The zero-order valence-electron chi connectivity index (χ0n) is 11.7. The molecule has 2 amide bonds. The standard InChI is InChI=1S/C15H19FN2O3/c16-12-5-1-4-11(10-12)14(19)17-7-3-8-18-15(20)13-6-2-9-21-13/h1,4-5,10,13H,2-3,6-9H2,(H,17,19)(H,18,20). The fourth-order valence-electron chi connectivity index (χ4n) is 2.13. The number of carbonyl (C=O) groups is 2. The molecule has 1 aromatic carbocycles. The molecule has 1 heterocycles. The number of hydrogen-bond acceptors (Lipinski definition) is 3. The third kappa shape index (κ3) is 4.82. The molecule has 0 radical (unpaired) electrons. The first-order valence-electron chi connectivity index (χ1n) is 7.10. The molecule has 0 spiro atoms. The molecule has 2 rings (SSSR count). The Kier molecular flexibility index (Phi) is 5.68. The van der Waals surface area contributed by atoms with Crippen molar-refractivity contribution >= 4 is 11.8 Å². The van der Waals surface area contributed by atoms with Gasteiger partial charge in [-0.25, -0.2) is 4.39 Å². The fourth-order valence-corrected chi connectivity index (χ4v) is 2.13. The number of amides is 2. The van der Waals surface area contributed by atoms with Crippen LogP contribution in [0.1, 0.15) is 29.6 Å². The highest BCUT2D eigenvalue weighted by Crippen LogP contribution is 2.11.